The Morgan fingerprint density at radius 1 is 1.25 bits per heavy atom. The van der Waals surface area contributed by atoms with Gasteiger partial charge >= 0.3 is 6.03 Å². The first kappa shape index (κ1) is 16.6. The smallest absolute Gasteiger partial charge is 0.312 e. The van der Waals surface area contributed by atoms with Crippen molar-refractivity contribution in [3.8, 4) is 0 Å². The number of rotatable bonds is 4. The molecule has 2 atom stereocenters. The number of halogens is 1. The molecule has 3 N–H and O–H groups in total. The van der Waals surface area contributed by atoms with Gasteiger partial charge in [-0.3, -0.25) is 0 Å². The maximum Gasteiger partial charge on any atom is 0.312 e. The molecule has 4 nitrogen and oxygen atoms in total. The van der Waals surface area contributed by atoms with E-state index in [0.29, 0.717) is 16.3 Å². The number of nitrogens with two attached hydrogens (primary N) is 1. The summed E-state index contributed by atoms with van der Waals surface area (Å²) in [6.07, 6.45) is 2.91. The summed E-state index contributed by atoms with van der Waals surface area (Å²) in [6.45, 7) is 0.509. The monoisotopic (exact) mass is 346 g/mol. The molecule has 2 unspecified atom stereocenters. The molecule has 0 spiro atoms. The standard InChI is InChI=1S/C18H19FN2O2S/c19-14-5-2-6-15(10-14)24(23)16-7-8-17-12(9-16)3-1-4-13(17)11-21-18(20)22/h2,5-10,13H,1,3-4,11H2,(H3,20,21,22). The zero-order valence-corrected chi connectivity index (χ0v) is 13.9. The Labute approximate surface area is 142 Å². The highest BCUT2D eigenvalue weighted by Crippen LogP contribution is 2.33. The van der Waals surface area contributed by atoms with Crippen molar-refractivity contribution in [2.45, 2.75) is 35.0 Å². The third-order valence-corrected chi connectivity index (χ3v) is 5.66. The molecule has 0 fully saturated rings. The lowest BCUT2D eigenvalue weighted by molar-refractivity contribution is 0.248. The van der Waals surface area contributed by atoms with Gasteiger partial charge in [-0.1, -0.05) is 12.1 Å². The zero-order chi connectivity index (χ0) is 17.1. The second-order valence-corrected chi connectivity index (χ2v) is 7.40. The van der Waals surface area contributed by atoms with Crippen LogP contribution >= 0.6 is 0 Å². The van der Waals surface area contributed by atoms with Gasteiger partial charge in [-0.25, -0.2) is 13.4 Å². The minimum absolute atomic E-state index is 0.220. The van der Waals surface area contributed by atoms with Crippen LogP contribution in [0.5, 0.6) is 0 Å². The largest absolute Gasteiger partial charge is 0.352 e. The van der Waals surface area contributed by atoms with Crippen LogP contribution in [0.25, 0.3) is 0 Å². The van der Waals surface area contributed by atoms with Gasteiger partial charge < -0.3 is 11.1 Å². The van der Waals surface area contributed by atoms with Gasteiger partial charge in [0.2, 0.25) is 0 Å². The summed E-state index contributed by atoms with van der Waals surface area (Å²) < 4.78 is 26.0. The number of urea groups is 1. The van der Waals surface area contributed by atoms with Crippen LogP contribution in [0.2, 0.25) is 0 Å². The Morgan fingerprint density at radius 3 is 2.79 bits per heavy atom. The molecule has 0 heterocycles. The van der Waals surface area contributed by atoms with Gasteiger partial charge in [0.05, 0.1) is 10.8 Å². The van der Waals surface area contributed by atoms with Gasteiger partial charge in [0.25, 0.3) is 0 Å². The fourth-order valence-corrected chi connectivity index (χ4v) is 4.30. The summed E-state index contributed by atoms with van der Waals surface area (Å²) in [6, 6.07) is 11.1. The number of fused-ring (bicyclic) bond motifs is 1. The number of primary amides is 1. The molecule has 3 rings (SSSR count). The highest BCUT2D eigenvalue weighted by Gasteiger charge is 2.21. The van der Waals surface area contributed by atoms with Gasteiger partial charge in [0, 0.05) is 22.3 Å². The van der Waals surface area contributed by atoms with E-state index >= 15 is 0 Å². The molecule has 1 aliphatic carbocycles. The lowest BCUT2D eigenvalue weighted by Gasteiger charge is -2.26. The lowest BCUT2D eigenvalue weighted by Crippen LogP contribution is -2.33. The molecule has 2 aromatic carbocycles. The Morgan fingerprint density at radius 2 is 2.04 bits per heavy atom. The number of amides is 2. The van der Waals surface area contributed by atoms with Crippen molar-refractivity contribution in [2.75, 3.05) is 6.54 Å². The van der Waals surface area contributed by atoms with Crippen LogP contribution in [0.4, 0.5) is 9.18 Å². The van der Waals surface area contributed by atoms with E-state index in [9.17, 15) is 13.4 Å². The number of carbonyl (C=O) groups is 1. The van der Waals surface area contributed by atoms with Crippen LogP contribution in [0.15, 0.2) is 52.3 Å². The van der Waals surface area contributed by atoms with Crippen molar-refractivity contribution in [3.63, 3.8) is 0 Å². The van der Waals surface area contributed by atoms with Crippen molar-refractivity contribution in [1.29, 1.82) is 0 Å². The molecule has 0 radical (unpaired) electrons. The van der Waals surface area contributed by atoms with Crippen molar-refractivity contribution in [1.82, 2.24) is 5.32 Å². The first-order valence-electron chi connectivity index (χ1n) is 7.88. The number of hydrogen-bond acceptors (Lipinski definition) is 2. The molecule has 6 heteroatoms. The van der Waals surface area contributed by atoms with Crippen molar-refractivity contribution in [3.05, 3.63) is 59.4 Å². The summed E-state index contributed by atoms with van der Waals surface area (Å²) in [5.41, 5.74) is 7.45. The van der Waals surface area contributed by atoms with Crippen LogP contribution in [0, 0.1) is 5.82 Å². The fraction of sp³-hybridized carbons (Fsp3) is 0.278. The average molecular weight is 346 g/mol. The first-order valence-corrected chi connectivity index (χ1v) is 9.03. The average Bonchev–Trinajstić information content (AvgIpc) is 2.58. The van der Waals surface area contributed by atoms with E-state index in [0.717, 1.165) is 30.4 Å². The molecule has 2 aromatic rings. The summed E-state index contributed by atoms with van der Waals surface area (Å²) in [7, 11) is -1.41. The molecule has 0 aromatic heterocycles. The zero-order valence-electron chi connectivity index (χ0n) is 13.1. The normalized spacial score (nSPS) is 17.8. The van der Waals surface area contributed by atoms with Crippen molar-refractivity contribution in [2.24, 2.45) is 5.73 Å². The van der Waals surface area contributed by atoms with Crippen LogP contribution < -0.4 is 11.1 Å². The molecule has 126 valence electrons. The molecule has 24 heavy (non-hydrogen) atoms. The molecule has 0 saturated heterocycles. The van der Waals surface area contributed by atoms with Crippen LogP contribution in [-0.4, -0.2) is 16.8 Å². The highest BCUT2D eigenvalue weighted by atomic mass is 32.2. The van der Waals surface area contributed by atoms with E-state index < -0.39 is 22.6 Å². The van der Waals surface area contributed by atoms with E-state index in [4.69, 9.17) is 5.73 Å². The summed E-state index contributed by atoms with van der Waals surface area (Å²) in [5.74, 6) is -0.172. The molecular weight excluding hydrogens is 327 g/mol. The topological polar surface area (TPSA) is 72.2 Å². The second kappa shape index (κ2) is 7.13. The Balaban J connectivity index is 1.85. The quantitative estimate of drug-likeness (QED) is 0.893. The predicted molar refractivity (Wildman–Crippen MR) is 90.8 cm³/mol. The van der Waals surface area contributed by atoms with Crippen LogP contribution in [0.1, 0.15) is 29.9 Å². The molecular formula is C18H19FN2O2S. The number of aryl methyl sites for hydroxylation is 1. The van der Waals surface area contributed by atoms with Crippen molar-refractivity contribution < 1.29 is 13.4 Å². The summed E-state index contributed by atoms with van der Waals surface area (Å²) in [5, 5.41) is 2.66. The Kier molecular flexibility index (Phi) is 4.94. The van der Waals surface area contributed by atoms with Crippen LogP contribution in [-0.2, 0) is 17.2 Å². The third kappa shape index (κ3) is 3.64. The number of benzene rings is 2. The summed E-state index contributed by atoms with van der Waals surface area (Å²) >= 11 is 0. The van der Waals surface area contributed by atoms with Gasteiger partial charge in [0.1, 0.15) is 5.82 Å². The van der Waals surface area contributed by atoms with Crippen LogP contribution in [0.3, 0.4) is 0 Å². The third-order valence-electron chi connectivity index (χ3n) is 4.30. The minimum Gasteiger partial charge on any atom is -0.352 e. The first-order chi connectivity index (χ1) is 11.5. The van der Waals surface area contributed by atoms with Gasteiger partial charge in [-0.15, -0.1) is 0 Å². The maximum atomic E-state index is 13.3. The molecule has 0 aliphatic heterocycles. The van der Waals surface area contributed by atoms with E-state index in [1.807, 2.05) is 18.2 Å². The molecule has 1 aliphatic rings. The highest BCUT2D eigenvalue weighted by molar-refractivity contribution is 7.85. The van der Waals surface area contributed by atoms with Gasteiger partial charge in [-0.05, 0) is 60.7 Å². The van der Waals surface area contributed by atoms with Gasteiger partial charge in [0.15, 0.2) is 0 Å². The van der Waals surface area contributed by atoms with E-state index in [1.54, 1.807) is 12.1 Å². The van der Waals surface area contributed by atoms with E-state index in [2.05, 4.69) is 5.32 Å². The molecule has 2 amide bonds. The Hall–Kier alpha value is -2.21. The van der Waals surface area contributed by atoms with E-state index in [1.165, 1.54) is 12.1 Å². The van der Waals surface area contributed by atoms with Gasteiger partial charge in [-0.2, -0.15) is 0 Å². The second-order valence-electron chi connectivity index (χ2n) is 5.92. The Bertz CT molecular complexity index is 794. The number of nitrogens with one attached hydrogen (secondary N) is 1. The summed E-state index contributed by atoms with van der Waals surface area (Å²) in [4.78, 5) is 12.0. The van der Waals surface area contributed by atoms with E-state index in [-0.39, 0.29) is 5.92 Å². The SMILES string of the molecule is NC(=O)NCC1CCCc2cc(S(=O)c3cccc(F)c3)ccc21. The predicted octanol–water partition coefficient (Wildman–Crippen LogP) is 3.08. The molecule has 0 bridgehead atoms. The minimum atomic E-state index is -1.41. The number of hydrogen-bond donors (Lipinski definition) is 2. The maximum absolute atomic E-state index is 13.3. The fourth-order valence-electron chi connectivity index (χ4n) is 3.16. The molecule has 0 saturated carbocycles. The van der Waals surface area contributed by atoms with Crippen molar-refractivity contribution >= 4 is 16.8 Å². The lowest BCUT2D eigenvalue weighted by atomic mass is 9.83. The number of carbonyl (C=O) groups excluding carboxylic acids is 1.